The number of thiophene rings is 1. The summed E-state index contributed by atoms with van der Waals surface area (Å²) in [5.74, 6) is -0.0260. The van der Waals surface area contributed by atoms with E-state index in [0.29, 0.717) is 16.5 Å². The second kappa shape index (κ2) is 8.97. The second-order valence-corrected chi connectivity index (χ2v) is 8.88. The Labute approximate surface area is 186 Å². The summed E-state index contributed by atoms with van der Waals surface area (Å²) in [6, 6.07) is 16.9. The van der Waals surface area contributed by atoms with Crippen molar-refractivity contribution >= 4 is 68.3 Å². The summed E-state index contributed by atoms with van der Waals surface area (Å²) < 4.78 is 0. The van der Waals surface area contributed by atoms with Gasteiger partial charge in [0.25, 0.3) is 0 Å². The van der Waals surface area contributed by atoms with Crippen LogP contribution in [-0.2, 0) is 11.2 Å². The van der Waals surface area contributed by atoms with E-state index in [1.165, 1.54) is 11.3 Å². The predicted molar refractivity (Wildman–Crippen MR) is 124 cm³/mol. The van der Waals surface area contributed by atoms with E-state index >= 15 is 0 Å². The third-order valence-corrected chi connectivity index (χ3v) is 6.43. The van der Waals surface area contributed by atoms with Crippen LogP contribution in [0.2, 0.25) is 10.0 Å². The van der Waals surface area contributed by atoms with Gasteiger partial charge in [0.15, 0.2) is 5.13 Å². The molecule has 0 saturated heterocycles. The molecule has 0 aliphatic heterocycles. The highest BCUT2D eigenvalue weighted by atomic mass is 35.5. The van der Waals surface area contributed by atoms with Crippen molar-refractivity contribution in [2.24, 2.45) is 0 Å². The van der Waals surface area contributed by atoms with Gasteiger partial charge in [-0.2, -0.15) is 0 Å². The van der Waals surface area contributed by atoms with Gasteiger partial charge in [-0.3, -0.25) is 4.79 Å². The fourth-order valence-corrected chi connectivity index (χ4v) is 4.40. The summed E-state index contributed by atoms with van der Waals surface area (Å²) in [6.45, 7) is 0. The molecule has 0 aliphatic carbocycles. The van der Waals surface area contributed by atoms with Gasteiger partial charge in [-0.05, 0) is 41.8 Å². The highest BCUT2D eigenvalue weighted by Gasteiger charge is 2.08. The van der Waals surface area contributed by atoms with E-state index in [0.717, 1.165) is 32.6 Å². The molecule has 0 fully saturated rings. The molecular formula is C21H15Cl2N3OS2. The standard InChI is InChI=1S/C21H15Cl2N3OS2/c22-17-8-7-15(10-18(17)23)25-21-26-19(12-29-21)13-3-5-14(6-4-13)24-20(27)11-16-2-1-9-28-16/h1-10,12H,11H2,(H,24,27)(H,25,26). The molecule has 1 amide bonds. The monoisotopic (exact) mass is 459 g/mol. The number of nitrogens with zero attached hydrogens (tertiary/aromatic N) is 1. The molecule has 0 radical (unpaired) electrons. The number of thiazole rings is 1. The van der Waals surface area contributed by atoms with Gasteiger partial charge in [0.2, 0.25) is 5.91 Å². The summed E-state index contributed by atoms with van der Waals surface area (Å²) in [5, 5.41) is 11.9. The van der Waals surface area contributed by atoms with Crippen LogP contribution in [0, 0.1) is 0 Å². The molecule has 8 heteroatoms. The number of carbonyl (C=O) groups is 1. The molecule has 29 heavy (non-hydrogen) atoms. The molecule has 0 bridgehead atoms. The van der Waals surface area contributed by atoms with Crippen molar-refractivity contribution in [2.45, 2.75) is 6.42 Å². The number of benzene rings is 2. The Kier molecular flexibility index (Phi) is 6.16. The van der Waals surface area contributed by atoms with E-state index in [-0.39, 0.29) is 5.91 Å². The van der Waals surface area contributed by atoms with Crippen molar-refractivity contribution in [1.29, 1.82) is 0 Å². The zero-order valence-corrected chi connectivity index (χ0v) is 18.1. The van der Waals surface area contributed by atoms with Crippen molar-refractivity contribution in [2.75, 3.05) is 10.6 Å². The number of anilines is 3. The summed E-state index contributed by atoms with van der Waals surface area (Å²) >= 11 is 15.1. The second-order valence-electron chi connectivity index (χ2n) is 6.17. The summed E-state index contributed by atoms with van der Waals surface area (Å²) in [4.78, 5) is 17.8. The fraction of sp³-hybridized carbons (Fsp3) is 0.0476. The van der Waals surface area contributed by atoms with Crippen LogP contribution in [0.25, 0.3) is 11.3 Å². The van der Waals surface area contributed by atoms with Gasteiger partial charge in [-0.1, -0.05) is 41.4 Å². The molecule has 4 nitrogen and oxygen atoms in total. The van der Waals surface area contributed by atoms with Crippen LogP contribution < -0.4 is 10.6 Å². The van der Waals surface area contributed by atoms with Crippen LogP contribution in [0.4, 0.5) is 16.5 Å². The molecule has 0 saturated carbocycles. The quantitative estimate of drug-likeness (QED) is 0.323. The van der Waals surface area contributed by atoms with Crippen molar-refractivity contribution in [3.8, 4) is 11.3 Å². The Morgan fingerprint density at radius 3 is 2.48 bits per heavy atom. The van der Waals surface area contributed by atoms with Crippen LogP contribution in [0.5, 0.6) is 0 Å². The Bertz CT molecular complexity index is 1130. The largest absolute Gasteiger partial charge is 0.331 e. The lowest BCUT2D eigenvalue weighted by Gasteiger charge is -2.05. The number of amides is 1. The van der Waals surface area contributed by atoms with Gasteiger partial charge in [0.1, 0.15) is 0 Å². The van der Waals surface area contributed by atoms with Crippen LogP contribution in [0.15, 0.2) is 65.4 Å². The normalized spacial score (nSPS) is 10.7. The van der Waals surface area contributed by atoms with E-state index in [9.17, 15) is 4.79 Å². The van der Waals surface area contributed by atoms with Gasteiger partial charge < -0.3 is 10.6 Å². The number of carbonyl (C=O) groups excluding carboxylic acids is 1. The van der Waals surface area contributed by atoms with Crippen LogP contribution in [0.1, 0.15) is 4.88 Å². The van der Waals surface area contributed by atoms with E-state index in [4.69, 9.17) is 23.2 Å². The average molecular weight is 460 g/mol. The lowest BCUT2D eigenvalue weighted by atomic mass is 10.1. The first-order valence-corrected chi connectivity index (χ1v) is 11.2. The van der Waals surface area contributed by atoms with Crippen LogP contribution >= 0.6 is 45.9 Å². The van der Waals surface area contributed by atoms with Gasteiger partial charge in [-0.15, -0.1) is 22.7 Å². The first kappa shape index (κ1) is 19.9. The van der Waals surface area contributed by atoms with Crippen molar-refractivity contribution < 1.29 is 4.79 Å². The Morgan fingerprint density at radius 1 is 0.966 bits per heavy atom. The molecule has 0 spiro atoms. The number of aromatic nitrogens is 1. The lowest BCUT2D eigenvalue weighted by Crippen LogP contribution is -2.13. The topological polar surface area (TPSA) is 54.0 Å². The zero-order valence-electron chi connectivity index (χ0n) is 15.0. The molecule has 2 aromatic carbocycles. The molecule has 0 aliphatic rings. The number of nitrogens with one attached hydrogen (secondary N) is 2. The summed E-state index contributed by atoms with van der Waals surface area (Å²) in [6.07, 6.45) is 0.384. The number of rotatable bonds is 6. The number of hydrogen-bond acceptors (Lipinski definition) is 5. The SMILES string of the molecule is O=C(Cc1cccs1)Nc1ccc(-c2csc(Nc3ccc(Cl)c(Cl)c3)n2)cc1. The molecule has 2 aromatic heterocycles. The average Bonchev–Trinajstić information content (AvgIpc) is 3.37. The fourth-order valence-electron chi connectivity index (χ4n) is 2.66. The van der Waals surface area contributed by atoms with E-state index in [1.54, 1.807) is 23.5 Å². The maximum absolute atomic E-state index is 12.1. The number of halogens is 2. The summed E-state index contributed by atoms with van der Waals surface area (Å²) in [7, 11) is 0. The zero-order chi connectivity index (χ0) is 20.2. The highest BCUT2D eigenvalue weighted by Crippen LogP contribution is 2.30. The minimum Gasteiger partial charge on any atom is -0.331 e. The van der Waals surface area contributed by atoms with Crippen molar-refractivity contribution in [3.05, 3.63) is 80.3 Å². The third kappa shape index (κ3) is 5.16. The smallest absolute Gasteiger partial charge is 0.229 e. The minimum absolute atomic E-state index is 0.0260. The summed E-state index contributed by atoms with van der Waals surface area (Å²) in [5.41, 5.74) is 3.41. The maximum atomic E-state index is 12.1. The Hall–Kier alpha value is -2.38. The van der Waals surface area contributed by atoms with Gasteiger partial charge in [0.05, 0.1) is 22.2 Å². The van der Waals surface area contributed by atoms with Crippen molar-refractivity contribution in [3.63, 3.8) is 0 Å². The molecule has 0 unspecified atom stereocenters. The Morgan fingerprint density at radius 2 is 1.76 bits per heavy atom. The minimum atomic E-state index is -0.0260. The van der Waals surface area contributed by atoms with E-state index in [2.05, 4.69) is 15.6 Å². The third-order valence-electron chi connectivity index (χ3n) is 4.05. The highest BCUT2D eigenvalue weighted by molar-refractivity contribution is 7.14. The van der Waals surface area contributed by atoms with Crippen molar-refractivity contribution in [1.82, 2.24) is 4.98 Å². The molecule has 2 N–H and O–H groups in total. The molecule has 4 aromatic rings. The van der Waals surface area contributed by atoms with Gasteiger partial charge >= 0.3 is 0 Å². The van der Waals surface area contributed by atoms with E-state index in [1.807, 2.05) is 53.2 Å². The first-order valence-electron chi connectivity index (χ1n) is 8.67. The first-order chi connectivity index (χ1) is 14.1. The number of hydrogen-bond donors (Lipinski definition) is 2. The van der Waals surface area contributed by atoms with E-state index < -0.39 is 0 Å². The van der Waals surface area contributed by atoms with Gasteiger partial charge in [-0.25, -0.2) is 4.98 Å². The van der Waals surface area contributed by atoms with Crippen LogP contribution in [-0.4, -0.2) is 10.9 Å². The maximum Gasteiger partial charge on any atom is 0.229 e. The molecule has 2 heterocycles. The molecular weight excluding hydrogens is 445 g/mol. The van der Waals surface area contributed by atoms with Crippen LogP contribution in [0.3, 0.4) is 0 Å². The molecule has 4 rings (SSSR count). The molecule has 0 atom stereocenters. The predicted octanol–water partition coefficient (Wildman–Crippen LogP) is 7.10. The lowest BCUT2D eigenvalue weighted by molar-refractivity contribution is -0.115. The van der Waals surface area contributed by atoms with Gasteiger partial charge in [0, 0.05) is 27.2 Å². The Balaban J connectivity index is 1.40. The molecule has 146 valence electrons.